The molecule has 9 nitrogen and oxygen atoms in total. The predicted molar refractivity (Wildman–Crippen MR) is 123 cm³/mol. The summed E-state index contributed by atoms with van der Waals surface area (Å²) in [6.45, 7) is 2.95. The van der Waals surface area contributed by atoms with Crippen molar-refractivity contribution in [2.24, 2.45) is 5.92 Å². The smallest absolute Gasteiger partial charge is 0.286 e. The Morgan fingerprint density at radius 1 is 1.15 bits per heavy atom. The Balaban J connectivity index is 1.33. The van der Waals surface area contributed by atoms with Gasteiger partial charge in [0.1, 0.15) is 11.5 Å². The van der Waals surface area contributed by atoms with Crippen LogP contribution in [0.4, 0.5) is 5.69 Å². The highest BCUT2D eigenvalue weighted by atomic mass is 35.5. The minimum Gasteiger partial charge on any atom is -0.465 e. The Labute approximate surface area is 199 Å². The lowest BCUT2D eigenvalue weighted by Gasteiger charge is -2.31. The van der Waals surface area contributed by atoms with Gasteiger partial charge in [0.2, 0.25) is 15.9 Å². The van der Waals surface area contributed by atoms with Gasteiger partial charge in [-0.25, -0.2) is 0 Å². The van der Waals surface area contributed by atoms with Crippen LogP contribution in [0.5, 0.6) is 0 Å². The van der Waals surface area contributed by atoms with E-state index >= 15 is 0 Å². The highest BCUT2D eigenvalue weighted by molar-refractivity contribution is 7.15. The number of rotatable bonds is 6. The molecule has 0 unspecified atom stereocenters. The van der Waals surface area contributed by atoms with Crippen molar-refractivity contribution in [3.05, 3.63) is 63.0 Å². The minimum atomic E-state index is -0.460. The maximum atomic E-state index is 12.9. The number of aryl methyl sites for hydroxylation is 1. The Hall–Kier alpha value is -3.24. The first-order chi connectivity index (χ1) is 15.9. The second-order valence-corrected chi connectivity index (χ2v) is 9.11. The second-order valence-electron chi connectivity index (χ2n) is 7.69. The quantitative estimate of drug-likeness (QED) is 0.549. The standard InChI is InChI=1S/C22H22ClN5O4S/c1-13-4-9-17(32-13)11-24-18(29)14-3-2-10-28(12-14)22(31)21-27-26-20(33-21)19(30)25-16-7-5-15(23)6-8-16/h4-9,14H,2-3,10-12H2,1H3,(H,24,29)(H,25,30)/t14-/m1/s1. The molecule has 2 aromatic heterocycles. The molecular formula is C22H22ClN5O4S. The molecule has 4 rings (SSSR count). The third-order valence-corrected chi connectivity index (χ3v) is 6.38. The third kappa shape index (κ3) is 5.77. The van der Waals surface area contributed by atoms with Gasteiger partial charge in [-0.2, -0.15) is 0 Å². The van der Waals surface area contributed by atoms with Crippen LogP contribution in [0, 0.1) is 12.8 Å². The molecule has 1 aliphatic rings. The molecule has 0 bridgehead atoms. The lowest BCUT2D eigenvalue weighted by Crippen LogP contribution is -2.45. The monoisotopic (exact) mass is 487 g/mol. The molecular weight excluding hydrogens is 466 g/mol. The summed E-state index contributed by atoms with van der Waals surface area (Å²) in [6, 6.07) is 10.3. The second kappa shape index (κ2) is 10.1. The minimum absolute atomic E-state index is 0.0772. The summed E-state index contributed by atoms with van der Waals surface area (Å²) in [5.41, 5.74) is 0.557. The SMILES string of the molecule is Cc1ccc(CNC(=O)[C@@H]2CCCN(C(=O)c3nnc(C(=O)Nc4ccc(Cl)cc4)s3)C2)o1. The molecule has 3 aromatic rings. The molecule has 1 saturated heterocycles. The summed E-state index contributed by atoms with van der Waals surface area (Å²) >= 11 is 6.77. The number of carbonyl (C=O) groups excluding carboxylic acids is 3. The summed E-state index contributed by atoms with van der Waals surface area (Å²) in [5, 5.41) is 14.1. The number of likely N-dealkylation sites (tertiary alicyclic amines) is 1. The molecule has 0 radical (unpaired) electrons. The molecule has 172 valence electrons. The van der Waals surface area contributed by atoms with Crippen LogP contribution in [-0.2, 0) is 11.3 Å². The molecule has 1 atom stereocenters. The Bertz CT molecular complexity index is 1160. The largest absolute Gasteiger partial charge is 0.465 e. The maximum Gasteiger partial charge on any atom is 0.286 e. The van der Waals surface area contributed by atoms with E-state index in [1.165, 1.54) is 0 Å². The van der Waals surface area contributed by atoms with Gasteiger partial charge in [-0.1, -0.05) is 22.9 Å². The van der Waals surface area contributed by atoms with Crippen LogP contribution in [-0.4, -0.2) is 45.9 Å². The summed E-state index contributed by atoms with van der Waals surface area (Å²) in [6.07, 6.45) is 1.39. The highest BCUT2D eigenvalue weighted by Crippen LogP contribution is 2.21. The lowest BCUT2D eigenvalue weighted by molar-refractivity contribution is -0.126. The Morgan fingerprint density at radius 3 is 2.64 bits per heavy atom. The first kappa shape index (κ1) is 22.9. The number of piperidine rings is 1. The fourth-order valence-corrected chi connectivity index (χ4v) is 4.36. The van der Waals surface area contributed by atoms with Gasteiger partial charge in [-0.15, -0.1) is 10.2 Å². The first-order valence-electron chi connectivity index (χ1n) is 10.4. The van der Waals surface area contributed by atoms with Gasteiger partial charge in [0.25, 0.3) is 11.8 Å². The van der Waals surface area contributed by atoms with Crippen molar-refractivity contribution in [2.45, 2.75) is 26.3 Å². The van der Waals surface area contributed by atoms with Gasteiger partial charge >= 0.3 is 0 Å². The molecule has 3 amide bonds. The molecule has 0 spiro atoms. The van der Waals surface area contributed by atoms with E-state index in [0.29, 0.717) is 42.4 Å². The average molecular weight is 488 g/mol. The molecule has 3 heterocycles. The number of benzene rings is 1. The molecule has 11 heteroatoms. The fraction of sp³-hybridized carbons (Fsp3) is 0.318. The zero-order valence-corrected chi connectivity index (χ0v) is 19.4. The zero-order chi connectivity index (χ0) is 23.4. The third-order valence-electron chi connectivity index (χ3n) is 5.22. The fourth-order valence-electron chi connectivity index (χ4n) is 3.53. The zero-order valence-electron chi connectivity index (χ0n) is 17.8. The van der Waals surface area contributed by atoms with Gasteiger partial charge in [0.05, 0.1) is 12.5 Å². The number of nitrogens with zero attached hydrogens (tertiary/aromatic N) is 3. The number of carbonyl (C=O) groups is 3. The van der Waals surface area contributed by atoms with E-state index in [1.807, 2.05) is 19.1 Å². The van der Waals surface area contributed by atoms with E-state index in [2.05, 4.69) is 20.8 Å². The number of hydrogen-bond donors (Lipinski definition) is 2. The van der Waals surface area contributed by atoms with Crippen molar-refractivity contribution in [1.82, 2.24) is 20.4 Å². The van der Waals surface area contributed by atoms with Gasteiger partial charge in [0.15, 0.2) is 0 Å². The van der Waals surface area contributed by atoms with E-state index in [9.17, 15) is 14.4 Å². The molecule has 1 aromatic carbocycles. The van der Waals surface area contributed by atoms with Crippen LogP contribution in [0.25, 0.3) is 0 Å². The Morgan fingerprint density at radius 2 is 1.91 bits per heavy atom. The molecule has 1 aliphatic heterocycles. The van der Waals surface area contributed by atoms with Crippen molar-refractivity contribution in [3.63, 3.8) is 0 Å². The summed E-state index contributed by atoms with van der Waals surface area (Å²) in [4.78, 5) is 39.5. The maximum absolute atomic E-state index is 12.9. The molecule has 0 aliphatic carbocycles. The van der Waals surface area contributed by atoms with Crippen molar-refractivity contribution >= 4 is 46.3 Å². The number of furan rings is 1. The van der Waals surface area contributed by atoms with Crippen LogP contribution in [0.3, 0.4) is 0 Å². The highest BCUT2D eigenvalue weighted by Gasteiger charge is 2.31. The van der Waals surface area contributed by atoms with Crippen LogP contribution in [0.2, 0.25) is 5.02 Å². The van der Waals surface area contributed by atoms with Gasteiger partial charge in [0, 0.05) is 23.8 Å². The lowest BCUT2D eigenvalue weighted by atomic mass is 9.97. The summed E-state index contributed by atoms with van der Waals surface area (Å²) < 4.78 is 5.47. The van der Waals surface area contributed by atoms with Crippen LogP contribution >= 0.6 is 22.9 Å². The summed E-state index contributed by atoms with van der Waals surface area (Å²) in [5.74, 6) is 0.228. The number of hydrogen-bond acceptors (Lipinski definition) is 7. The van der Waals surface area contributed by atoms with Crippen molar-refractivity contribution in [2.75, 3.05) is 18.4 Å². The van der Waals surface area contributed by atoms with Gasteiger partial charge in [-0.3, -0.25) is 14.4 Å². The van der Waals surface area contributed by atoms with Crippen molar-refractivity contribution in [3.8, 4) is 0 Å². The van der Waals surface area contributed by atoms with E-state index in [-0.39, 0.29) is 34.3 Å². The predicted octanol–water partition coefficient (Wildman–Crippen LogP) is 3.51. The van der Waals surface area contributed by atoms with E-state index < -0.39 is 5.91 Å². The number of halogens is 1. The van der Waals surface area contributed by atoms with E-state index in [4.69, 9.17) is 16.0 Å². The molecule has 2 N–H and O–H groups in total. The number of nitrogens with one attached hydrogen (secondary N) is 2. The average Bonchev–Trinajstić information content (AvgIpc) is 3.48. The van der Waals surface area contributed by atoms with Gasteiger partial charge in [-0.05, 0) is 56.2 Å². The molecule has 33 heavy (non-hydrogen) atoms. The van der Waals surface area contributed by atoms with Crippen LogP contribution in [0.1, 0.15) is 44.0 Å². The number of aromatic nitrogens is 2. The number of amides is 3. The number of anilines is 1. The molecule has 1 fully saturated rings. The Kier molecular flexibility index (Phi) is 7.05. The topological polar surface area (TPSA) is 117 Å². The van der Waals surface area contributed by atoms with E-state index in [1.54, 1.807) is 29.2 Å². The van der Waals surface area contributed by atoms with Gasteiger partial charge < -0.3 is 20.0 Å². The summed E-state index contributed by atoms with van der Waals surface area (Å²) in [7, 11) is 0. The van der Waals surface area contributed by atoms with Crippen LogP contribution in [0.15, 0.2) is 40.8 Å². The van der Waals surface area contributed by atoms with E-state index in [0.717, 1.165) is 17.1 Å². The molecule has 0 saturated carbocycles. The van der Waals surface area contributed by atoms with Crippen molar-refractivity contribution < 1.29 is 18.8 Å². The normalized spacial score (nSPS) is 15.8. The first-order valence-corrected chi connectivity index (χ1v) is 11.6. The van der Waals surface area contributed by atoms with Crippen LogP contribution < -0.4 is 10.6 Å². The van der Waals surface area contributed by atoms with Crippen molar-refractivity contribution in [1.29, 1.82) is 0 Å².